The molecule has 6 nitrogen and oxygen atoms in total. The zero-order chi connectivity index (χ0) is 22.0. The first kappa shape index (κ1) is 21.6. The first-order chi connectivity index (χ1) is 15.0. The lowest BCUT2D eigenvalue weighted by atomic mass is 9.91. The van der Waals surface area contributed by atoms with E-state index in [1.54, 1.807) is 20.1 Å². The molecule has 0 radical (unpaired) electrons. The summed E-state index contributed by atoms with van der Waals surface area (Å²) in [5.74, 6) is 1.25. The van der Waals surface area contributed by atoms with Crippen LogP contribution in [0, 0.1) is 5.82 Å². The van der Waals surface area contributed by atoms with Crippen molar-refractivity contribution in [3.63, 3.8) is 0 Å². The van der Waals surface area contributed by atoms with Crippen molar-refractivity contribution in [2.75, 3.05) is 20.2 Å². The highest BCUT2D eigenvalue weighted by molar-refractivity contribution is 5.79. The molecule has 1 N–H and O–H groups in total. The van der Waals surface area contributed by atoms with Gasteiger partial charge in [-0.2, -0.15) is 0 Å². The van der Waals surface area contributed by atoms with E-state index in [4.69, 9.17) is 14.0 Å². The lowest BCUT2D eigenvalue weighted by Crippen LogP contribution is -2.43. The summed E-state index contributed by atoms with van der Waals surface area (Å²) in [6.07, 6.45) is 2.05. The molecule has 2 heterocycles. The fourth-order valence-corrected chi connectivity index (χ4v) is 4.29. The summed E-state index contributed by atoms with van der Waals surface area (Å²) in [5.41, 5.74) is 2.21. The first-order valence-electron chi connectivity index (χ1n) is 10.8. The molecule has 0 spiro atoms. The minimum absolute atomic E-state index is 0.0737. The van der Waals surface area contributed by atoms with E-state index in [2.05, 4.69) is 17.0 Å². The smallest absolute Gasteiger partial charge is 0.170 e. The molecule has 3 aromatic rings. The summed E-state index contributed by atoms with van der Waals surface area (Å²) in [6, 6.07) is 10.1. The third kappa shape index (κ3) is 4.52. The standard InChI is InChI=1S/C24H29FN2O4/c1-4-23(30-20-8-5-17(15(2)28)13-22(20)29-3)27-11-9-16(10-12-27)24-19-7-6-18(25)14-21(19)31-26-24/h5-8,13-16,23,28H,4,9-12H2,1-3H3. The van der Waals surface area contributed by atoms with Gasteiger partial charge in [0.05, 0.1) is 18.9 Å². The Morgan fingerprint density at radius 3 is 2.65 bits per heavy atom. The number of hydrogen-bond acceptors (Lipinski definition) is 6. The van der Waals surface area contributed by atoms with E-state index in [0.717, 1.165) is 49.0 Å². The van der Waals surface area contributed by atoms with Gasteiger partial charge in [-0.05, 0) is 56.0 Å². The molecule has 1 aliphatic rings. The number of aromatic nitrogens is 1. The van der Waals surface area contributed by atoms with Crippen molar-refractivity contribution in [1.29, 1.82) is 0 Å². The van der Waals surface area contributed by atoms with Crippen LogP contribution in [0.5, 0.6) is 11.5 Å². The third-order valence-corrected chi connectivity index (χ3v) is 6.07. The Kier molecular flexibility index (Phi) is 6.43. The van der Waals surface area contributed by atoms with Gasteiger partial charge in [-0.25, -0.2) is 4.39 Å². The van der Waals surface area contributed by atoms with Crippen molar-refractivity contribution >= 4 is 11.0 Å². The molecule has 0 bridgehead atoms. The quantitative estimate of drug-likeness (QED) is 0.570. The number of halogens is 1. The Labute approximate surface area is 181 Å². The predicted octanol–water partition coefficient (Wildman–Crippen LogP) is 5.02. The van der Waals surface area contributed by atoms with E-state index in [1.165, 1.54) is 12.1 Å². The molecule has 2 unspecified atom stereocenters. The summed E-state index contributed by atoms with van der Waals surface area (Å²) in [6.45, 7) is 5.57. The summed E-state index contributed by atoms with van der Waals surface area (Å²) in [7, 11) is 1.61. The lowest BCUT2D eigenvalue weighted by Gasteiger charge is -2.36. The Morgan fingerprint density at radius 1 is 1.19 bits per heavy atom. The van der Waals surface area contributed by atoms with Gasteiger partial charge in [0, 0.05) is 30.5 Å². The van der Waals surface area contributed by atoms with Gasteiger partial charge in [0.1, 0.15) is 5.82 Å². The van der Waals surface area contributed by atoms with E-state index in [9.17, 15) is 9.50 Å². The van der Waals surface area contributed by atoms with Gasteiger partial charge >= 0.3 is 0 Å². The van der Waals surface area contributed by atoms with Gasteiger partial charge in [0.2, 0.25) is 0 Å². The second kappa shape index (κ2) is 9.24. The van der Waals surface area contributed by atoms with Gasteiger partial charge in [0.15, 0.2) is 23.3 Å². The molecule has 31 heavy (non-hydrogen) atoms. The van der Waals surface area contributed by atoms with Crippen molar-refractivity contribution in [3.8, 4) is 11.5 Å². The number of methoxy groups -OCH3 is 1. The lowest BCUT2D eigenvalue weighted by molar-refractivity contribution is 0.00428. The molecular weight excluding hydrogens is 399 g/mol. The molecule has 7 heteroatoms. The van der Waals surface area contributed by atoms with E-state index >= 15 is 0 Å². The molecule has 2 aromatic carbocycles. The van der Waals surface area contributed by atoms with Crippen LogP contribution in [-0.2, 0) is 0 Å². The van der Waals surface area contributed by atoms with E-state index in [-0.39, 0.29) is 18.0 Å². The van der Waals surface area contributed by atoms with Crippen LogP contribution in [0.15, 0.2) is 40.9 Å². The number of hydrogen-bond donors (Lipinski definition) is 1. The highest BCUT2D eigenvalue weighted by atomic mass is 19.1. The molecule has 1 aliphatic heterocycles. The number of piperidine rings is 1. The number of nitrogens with zero attached hydrogens (tertiary/aromatic N) is 2. The Morgan fingerprint density at radius 2 is 1.97 bits per heavy atom. The molecule has 166 valence electrons. The highest BCUT2D eigenvalue weighted by Gasteiger charge is 2.29. The number of likely N-dealkylation sites (tertiary alicyclic amines) is 1. The third-order valence-electron chi connectivity index (χ3n) is 6.07. The molecule has 4 rings (SSSR count). The average molecular weight is 429 g/mol. The zero-order valence-corrected chi connectivity index (χ0v) is 18.2. The Balaban J connectivity index is 1.43. The number of aliphatic hydroxyl groups is 1. The molecule has 2 atom stereocenters. The van der Waals surface area contributed by atoms with Crippen LogP contribution in [0.25, 0.3) is 11.0 Å². The van der Waals surface area contributed by atoms with Crippen LogP contribution in [0.4, 0.5) is 4.39 Å². The number of rotatable bonds is 7. The SMILES string of the molecule is CCC(Oc1ccc(C(C)O)cc1OC)N1CCC(c2noc3cc(F)ccc23)CC1. The second-order valence-corrected chi connectivity index (χ2v) is 8.09. The monoisotopic (exact) mass is 428 g/mol. The molecule has 1 saturated heterocycles. The fraction of sp³-hybridized carbons (Fsp3) is 0.458. The van der Waals surface area contributed by atoms with Gasteiger partial charge in [-0.15, -0.1) is 0 Å². The van der Waals surface area contributed by atoms with Crippen LogP contribution in [0.3, 0.4) is 0 Å². The summed E-state index contributed by atoms with van der Waals surface area (Å²) < 4.78 is 30.6. The summed E-state index contributed by atoms with van der Waals surface area (Å²) in [4.78, 5) is 2.33. The van der Waals surface area contributed by atoms with E-state index in [1.807, 2.05) is 18.2 Å². The normalized spacial score (nSPS) is 17.6. The summed E-state index contributed by atoms with van der Waals surface area (Å²) >= 11 is 0. The summed E-state index contributed by atoms with van der Waals surface area (Å²) in [5, 5.41) is 14.9. The molecule has 0 aliphatic carbocycles. The van der Waals surface area contributed by atoms with Crippen molar-refractivity contribution in [2.24, 2.45) is 0 Å². The number of benzene rings is 2. The Hall–Kier alpha value is -2.64. The molecule has 1 fully saturated rings. The van der Waals surface area contributed by atoms with Crippen molar-refractivity contribution < 1.29 is 23.5 Å². The van der Waals surface area contributed by atoms with E-state index in [0.29, 0.717) is 17.1 Å². The van der Waals surface area contributed by atoms with Crippen molar-refractivity contribution in [1.82, 2.24) is 10.1 Å². The Bertz CT molecular complexity index is 1030. The van der Waals surface area contributed by atoms with Crippen molar-refractivity contribution in [2.45, 2.75) is 51.4 Å². The maximum absolute atomic E-state index is 13.4. The predicted molar refractivity (Wildman–Crippen MR) is 116 cm³/mol. The second-order valence-electron chi connectivity index (χ2n) is 8.09. The molecule has 0 amide bonds. The molecule has 0 saturated carbocycles. The first-order valence-corrected chi connectivity index (χ1v) is 10.8. The molecule has 1 aromatic heterocycles. The minimum atomic E-state index is -0.562. The number of ether oxygens (including phenoxy) is 2. The largest absolute Gasteiger partial charge is 0.493 e. The molecular formula is C24H29FN2O4. The van der Waals surface area contributed by atoms with Crippen LogP contribution >= 0.6 is 0 Å². The number of aliphatic hydroxyl groups excluding tert-OH is 1. The minimum Gasteiger partial charge on any atom is -0.493 e. The number of fused-ring (bicyclic) bond motifs is 1. The van der Waals surface area contributed by atoms with Crippen molar-refractivity contribution in [3.05, 3.63) is 53.5 Å². The van der Waals surface area contributed by atoms with Gasteiger partial charge in [-0.3, -0.25) is 4.90 Å². The maximum Gasteiger partial charge on any atom is 0.170 e. The average Bonchev–Trinajstić information content (AvgIpc) is 3.20. The van der Waals surface area contributed by atoms with Crippen LogP contribution in [-0.4, -0.2) is 41.6 Å². The van der Waals surface area contributed by atoms with Crippen LogP contribution in [0.1, 0.15) is 56.4 Å². The van der Waals surface area contributed by atoms with E-state index < -0.39 is 6.10 Å². The van der Waals surface area contributed by atoms with Gasteiger partial charge < -0.3 is 19.1 Å². The maximum atomic E-state index is 13.4. The van der Waals surface area contributed by atoms with Crippen LogP contribution in [0.2, 0.25) is 0 Å². The van der Waals surface area contributed by atoms with Gasteiger partial charge in [0.25, 0.3) is 0 Å². The van der Waals surface area contributed by atoms with Gasteiger partial charge in [-0.1, -0.05) is 18.1 Å². The fourth-order valence-electron chi connectivity index (χ4n) is 4.29. The van der Waals surface area contributed by atoms with Crippen LogP contribution < -0.4 is 9.47 Å². The topological polar surface area (TPSA) is 68.0 Å². The zero-order valence-electron chi connectivity index (χ0n) is 18.2. The highest BCUT2D eigenvalue weighted by Crippen LogP contribution is 2.35.